The molecular formula is C10H14ClN3. The van der Waals surface area contributed by atoms with Crippen LogP contribution in [0.5, 0.6) is 0 Å². The lowest BCUT2D eigenvalue weighted by atomic mass is 10.3. The summed E-state index contributed by atoms with van der Waals surface area (Å²) < 4.78 is 2.28. The summed E-state index contributed by atoms with van der Waals surface area (Å²) in [4.78, 5) is 0. The average Bonchev–Trinajstić information content (AvgIpc) is 3.07. The van der Waals surface area contributed by atoms with E-state index in [9.17, 15) is 0 Å². The van der Waals surface area contributed by atoms with Gasteiger partial charge < -0.3 is 4.57 Å². The minimum absolute atomic E-state index is 0.494. The molecule has 3 nitrogen and oxygen atoms in total. The van der Waals surface area contributed by atoms with Gasteiger partial charge in [-0.15, -0.1) is 21.8 Å². The van der Waals surface area contributed by atoms with E-state index < -0.39 is 0 Å². The lowest BCUT2D eigenvalue weighted by molar-refractivity contribution is 0.633. The second-order valence-corrected chi connectivity index (χ2v) is 4.68. The zero-order valence-corrected chi connectivity index (χ0v) is 8.87. The quantitative estimate of drug-likeness (QED) is 0.716. The van der Waals surface area contributed by atoms with Crippen LogP contribution in [0.4, 0.5) is 0 Å². The van der Waals surface area contributed by atoms with Crippen molar-refractivity contribution in [1.29, 1.82) is 0 Å². The molecule has 0 atom stereocenters. The third kappa shape index (κ3) is 1.54. The van der Waals surface area contributed by atoms with Gasteiger partial charge in [-0.2, -0.15) is 0 Å². The van der Waals surface area contributed by atoms with Gasteiger partial charge in [-0.1, -0.05) is 0 Å². The summed E-state index contributed by atoms with van der Waals surface area (Å²) in [5, 5.41) is 8.41. The number of nitrogens with zero attached hydrogens (tertiary/aromatic N) is 3. The van der Waals surface area contributed by atoms with Crippen molar-refractivity contribution in [2.24, 2.45) is 5.92 Å². The maximum atomic E-state index is 5.85. The topological polar surface area (TPSA) is 30.7 Å². The van der Waals surface area contributed by atoms with Crippen LogP contribution >= 0.6 is 11.6 Å². The lowest BCUT2D eigenvalue weighted by Gasteiger charge is -2.06. The van der Waals surface area contributed by atoms with Gasteiger partial charge in [-0.25, -0.2) is 0 Å². The molecule has 2 saturated carbocycles. The SMILES string of the molecule is ClCc1nnc(CC2CC2)n1C1CC1. The molecule has 1 aromatic heterocycles. The minimum atomic E-state index is 0.494. The Morgan fingerprint density at radius 1 is 1.14 bits per heavy atom. The van der Waals surface area contributed by atoms with Crippen LogP contribution in [0.3, 0.4) is 0 Å². The Bertz CT molecular complexity index is 339. The van der Waals surface area contributed by atoms with Gasteiger partial charge in [0, 0.05) is 12.5 Å². The second-order valence-electron chi connectivity index (χ2n) is 4.41. The molecule has 0 N–H and O–H groups in total. The Morgan fingerprint density at radius 2 is 1.86 bits per heavy atom. The van der Waals surface area contributed by atoms with Gasteiger partial charge >= 0.3 is 0 Å². The molecule has 1 heterocycles. The Balaban J connectivity index is 1.88. The van der Waals surface area contributed by atoms with Gasteiger partial charge in [0.2, 0.25) is 0 Å². The maximum Gasteiger partial charge on any atom is 0.148 e. The molecule has 2 fully saturated rings. The van der Waals surface area contributed by atoms with Crippen molar-refractivity contribution >= 4 is 11.6 Å². The van der Waals surface area contributed by atoms with Crippen molar-refractivity contribution in [3.8, 4) is 0 Å². The van der Waals surface area contributed by atoms with Gasteiger partial charge in [0.25, 0.3) is 0 Å². The first-order chi connectivity index (χ1) is 6.88. The van der Waals surface area contributed by atoms with Crippen LogP contribution in [0, 0.1) is 5.92 Å². The molecule has 14 heavy (non-hydrogen) atoms. The van der Waals surface area contributed by atoms with Gasteiger partial charge in [0.1, 0.15) is 11.6 Å². The van der Waals surface area contributed by atoms with E-state index in [0.29, 0.717) is 11.9 Å². The number of hydrogen-bond donors (Lipinski definition) is 0. The van der Waals surface area contributed by atoms with Crippen LogP contribution in [0.2, 0.25) is 0 Å². The Morgan fingerprint density at radius 3 is 2.43 bits per heavy atom. The third-order valence-corrected chi connectivity index (χ3v) is 3.28. The van der Waals surface area contributed by atoms with E-state index in [-0.39, 0.29) is 0 Å². The molecule has 76 valence electrons. The number of hydrogen-bond acceptors (Lipinski definition) is 2. The molecule has 2 aliphatic carbocycles. The smallest absolute Gasteiger partial charge is 0.148 e. The van der Waals surface area contributed by atoms with Crippen molar-refractivity contribution in [2.45, 2.75) is 44.0 Å². The summed E-state index contributed by atoms with van der Waals surface area (Å²) in [6, 6.07) is 0.660. The highest BCUT2D eigenvalue weighted by Gasteiger charge is 2.31. The first-order valence-corrected chi connectivity index (χ1v) is 5.90. The molecule has 4 heteroatoms. The normalized spacial score (nSPS) is 21.5. The van der Waals surface area contributed by atoms with Crippen LogP contribution in [0.25, 0.3) is 0 Å². The second kappa shape index (κ2) is 3.23. The molecule has 0 aliphatic heterocycles. The standard InChI is InChI=1S/C10H14ClN3/c11-6-10-13-12-9(5-7-1-2-7)14(10)8-3-4-8/h7-8H,1-6H2. The van der Waals surface area contributed by atoms with Gasteiger partial charge in [0.05, 0.1) is 5.88 Å². The summed E-state index contributed by atoms with van der Waals surface area (Å²) in [5.41, 5.74) is 0. The highest BCUT2D eigenvalue weighted by Crippen LogP contribution is 2.39. The Hall–Kier alpha value is -0.570. The van der Waals surface area contributed by atoms with Crippen LogP contribution in [-0.4, -0.2) is 14.8 Å². The predicted molar refractivity (Wildman–Crippen MR) is 54.3 cm³/mol. The molecule has 0 unspecified atom stereocenters. The zero-order valence-electron chi connectivity index (χ0n) is 8.12. The van der Waals surface area contributed by atoms with Crippen LogP contribution in [0.15, 0.2) is 0 Å². The van der Waals surface area contributed by atoms with Gasteiger partial charge in [0.15, 0.2) is 0 Å². The summed E-state index contributed by atoms with van der Waals surface area (Å²) in [7, 11) is 0. The van der Waals surface area contributed by atoms with Crippen LogP contribution in [-0.2, 0) is 12.3 Å². The number of rotatable bonds is 4. The number of alkyl halides is 1. The van der Waals surface area contributed by atoms with Crippen molar-refractivity contribution in [1.82, 2.24) is 14.8 Å². The van der Waals surface area contributed by atoms with Gasteiger partial charge in [-0.05, 0) is 31.6 Å². The third-order valence-electron chi connectivity index (χ3n) is 3.04. The zero-order chi connectivity index (χ0) is 9.54. The molecule has 3 rings (SSSR count). The Labute approximate surface area is 88.5 Å². The Kier molecular flexibility index (Phi) is 2.01. The summed E-state index contributed by atoms with van der Waals surface area (Å²) in [6.07, 6.45) is 6.40. The maximum absolute atomic E-state index is 5.85. The fraction of sp³-hybridized carbons (Fsp3) is 0.800. The summed E-state index contributed by atoms with van der Waals surface area (Å²) in [6.45, 7) is 0. The van der Waals surface area contributed by atoms with E-state index in [2.05, 4.69) is 14.8 Å². The highest BCUT2D eigenvalue weighted by atomic mass is 35.5. The largest absolute Gasteiger partial charge is 0.311 e. The monoisotopic (exact) mass is 211 g/mol. The van der Waals surface area contributed by atoms with Crippen LogP contribution in [0.1, 0.15) is 43.4 Å². The van der Waals surface area contributed by atoms with E-state index in [1.807, 2.05) is 0 Å². The molecule has 0 spiro atoms. The predicted octanol–water partition coefficient (Wildman–Crippen LogP) is 2.30. The van der Waals surface area contributed by atoms with Crippen molar-refractivity contribution in [3.05, 3.63) is 11.6 Å². The fourth-order valence-corrected chi connectivity index (χ4v) is 2.11. The fourth-order valence-electron chi connectivity index (χ4n) is 1.93. The summed E-state index contributed by atoms with van der Waals surface area (Å²) in [5.74, 6) is 3.50. The molecule has 2 aliphatic rings. The summed E-state index contributed by atoms with van der Waals surface area (Å²) >= 11 is 5.85. The average molecular weight is 212 g/mol. The van der Waals surface area contributed by atoms with E-state index in [4.69, 9.17) is 11.6 Å². The highest BCUT2D eigenvalue weighted by molar-refractivity contribution is 6.16. The van der Waals surface area contributed by atoms with Crippen LogP contribution < -0.4 is 0 Å². The van der Waals surface area contributed by atoms with E-state index in [0.717, 1.165) is 18.2 Å². The molecule has 0 bridgehead atoms. The van der Waals surface area contributed by atoms with Gasteiger partial charge in [-0.3, -0.25) is 0 Å². The molecule has 0 radical (unpaired) electrons. The van der Waals surface area contributed by atoms with E-state index in [1.165, 1.54) is 31.5 Å². The van der Waals surface area contributed by atoms with Crippen molar-refractivity contribution < 1.29 is 0 Å². The molecule has 1 aromatic rings. The van der Waals surface area contributed by atoms with Crippen molar-refractivity contribution in [2.75, 3.05) is 0 Å². The molecule has 0 saturated heterocycles. The van der Waals surface area contributed by atoms with E-state index in [1.54, 1.807) is 0 Å². The molecular weight excluding hydrogens is 198 g/mol. The lowest BCUT2D eigenvalue weighted by Crippen LogP contribution is -2.05. The molecule has 0 aromatic carbocycles. The van der Waals surface area contributed by atoms with Crippen molar-refractivity contribution in [3.63, 3.8) is 0 Å². The first kappa shape index (κ1) is 8.72. The number of aromatic nitrogens is 3. The van der Waals surface area contributed by atoms with E-state index >= 15 is 0 Å². The minimum Gasteiger partial charge on any atom is -0.311 e. The molecule has 0 amide bonds. The number of halogens is 1. The first-order valence-electron chi connectivity index (χ1n) is 5.37.